The molecule has 1 fully saturated rings. The normalized spacial score (nSPS) is 19.8. The molecule has 0 aromatic carbocycles. The van der Waals surface area contributed by atoms with E-state index in [1.807, 2.05) is 37.3 Å². The van der Waals surface area contributed by atoms with Crippen molar-refractivity contribution in [3.63, 3.8) is 0 Å². The maximum atomic E-state index is 13.7. The Labute approximate surface area is 223 Å². The zero-order valence-electron chi connectivity index (χ0n) is 21.5. The van der Waals surface area contributed by atoms with Crippen LogP contribution in [-0.4, -0.2) is 50.5 Å². The fourth-order valence-corrected chi connectivity index (χ4v) is 12.7. The SMILES string of the molecule is C=CC[Si](CC=C)(CC=C)NC1C(=O)N2C(C(=O)O[Si](CC=C)(CC=C)CC=C)=C(C=CC)CS[C@@H]12. The van der Waals surface area contributed by atoms with Crippen LogP contribution in [-0.2, 0) is 14.0 Å². The van der Waals surface area contributed by atoms with Crippen LogP contribution in [0.25, 0.3) is 0 Å². The summed E-state index contributed by atoms with van der Waals surface area (Å²) in [7, 11) is -4.72. The summed E-state index contributed by atoms with van der Waals surface area (Å²) in [6.45, 7) is 25.3. The molecule has 0 saturated carbocycles. The molecule has 1 amide bonds. The molecule has 0 aliphatic carbocycles. The monoisotopic (exact) mass is 540 g/mol. The van der Waals surface area contributed by atoms with Crippen molar-refractivity contribution in [3.05, 3.63) is 99.4 Å². The van der Waals surface area contributed by atoms with Gasteiger partial charge in [0.15, 0.2) is 0 Å². The summed E-state index contributed by atoms with van der Waals surface area (Å²) >= 11 is 1.67. The molecular weight excluding hydrogens is 501 g/mol. The molecule has 5 nitrogen and oxygen atoms in total. The Kier molecular flexibility index (Phi) is 11.4. The number of rotatable bonds is 17. The number of fused-ring (bicyclic) bond motifs is 1. The van der Waals surface area contributed by atoms with Gasteiger partial charge in [-0.2, -0.15) is 0 Å². The number of hydrogen-bond acceptors (Lipinski definition) is 5. The van der Waals surface area contributed by atoms with E-state index in [1.165, 1.54) is 0 Å². The van der Waals surface area contributed by atoms with Gasteiger partial charge in [0.25, 0.3) is 8.32 Å². The average molecular weight is 541 g/mol. The molecule has 2 atom stereocenters. The minimum absolute atomic E-state index is 0.0985. The van der Waals surface area contributed by atoms with E-state index in [0.717, 1.165) is 23.7 Å². The van der Waals surface area contributed by atoms with E-state index in [0.29, 0.717) is 29.6 Å². The molecule has 0 aromatic heterocycles. The highest BCUT2D eigenvalue weighted by molar-refractivity contribution is 8.00. The Hall–Kier alpha value is -2.40. The lowest BCUT2D eigenvalue weighted by Gasteiger charge is -2.52. The molecule has 1 N–H and O–H groups in total. The first kappa shape index (κ1) is 29.8. The maximum absolute atomic E-state index is 13.7. The van der Waals surface area contributed by atoms with E-state index >= 15 is 0 Å². The molecule has 0 spiro atoms. The van der Waals surface area contributed by atoms with Crippen LogP contribution >= 0.6 is 11.8 Å². The lowest BCUT2D eigenvalue weighted by atomic mass is 10.0. The number of amides is 1. The van der Waals surface area contributed by atoms with Crippen LogP contribution in [0.2, 0.25) is 36.3 Å². The molecule has 2 heterocycles. The van der Waals surface area contributed by atoms with Gasteiger partial charge in [-0.1, -0.05) is 48.6 Å². The van der Waals surface area contributed by atoms with E-state index in [1.54, 1.807) is 34.9 Å². The second kappa shape index (κ2) is 13.8. The third kappa shape index (κ3) is 6.48. The van der Waals surface area contributed by atoms with Gasteiger partial charge >= 0.3 is 5.97 Å². The van der Waals surface area contributed by atoms with Gasteiger partial charge in [-0.15, -0.1) is 51.2 Å². The smallest absolute Gasteiger partial charge is 0.342 e. The van der Waals surface area contributed by atoms with Gasteiger partial charge in [0, 0.05) is 5.75 Å². The van der Waals surface area contributed by atoms with E-state index in [4.69, 9.17) is 4.43 Å². The molecule has 2 aliphatic rings. The standard InChI is InChI=1S/C28H40N2O3SSi2/c1-8-15-23-22-34-27-24(29-35(16-9-2,17-10-3)18-11-4)26(31)30(27)25(23)28(32)33-36(19-12-5,20-13-6)21-14-7/h8-15,24,27,29H,2-7,16-22H2,1H3/t24?,27-/m0/s1. The van der Waals surface area contributed by atoms with Gasteiger partial charge in [-0.3, -0.25) is 9.69 Å². The molecule has 8 heteroatoms. The first-order valence-electron chi connectivity index (χ1n) is 12.3. The first-order chi connectivity index (χ1) is 17.3. The van der Waals surface area contributed by atoms with Crippen molar-refractivity contribution >= 4 is 40.2 Å². The molecule has 1 saturated heterocycles. The van der Waals surface area contributed by atoms with Crippen LogP contribution < -0.4 is 4.98 Å². The van der Waals surface area contributed by atoms with Gasteiger partial charge in [-0.05, 0) is 48.8 Å². The summed E-state index contributed by atoms with van der Waals surface area (Å²) in [5.41, 5.74) is 1.17. The number of β-lactam (4-membered cyclic amide) rings is 1. The average Bonchev–Trinajstić information content (AvgIpc) is 2.83. The molecule has 0 radical (unpaired) electrons. The second-order valence-corrected chi connectivity index (χ2v) is 18.2. The molecule has 2 rings (SSSR count). The van der Waals surface area contributed by atoms with Crippen LogP contribution in [0.5, 0.6) is 0 Å². The van der Waals surface area contributed by atoms with Gasteiger partial charge in [0.1, 0.15) is 25.3 Å². The predicted molar refractivity (Wildman–Crippen MR) is 159 cm³/mol. The topological polar surface area (TPSA) is 58.6 Å². The number of carbonyl (C=O) groups is 2. The summed E-state index contributed by atoms with van der Waals surface area (Å²) in [5, 5.41) is -0.172. The molecule has 2 aliphatic heterocycles. The number of nitrogens with one attached hydrogen (secondary N) is 1. The summed E-state index contributed by atoms with van der Waals surface area (Å²) in [6.07, 6.45) is 14.9. The summed E-state index contributed by atoms with van der Waals surface area (Å²) in [6, 6.07) is 3.83. The highest BCUT2D eigenvalue weighted by atomic mass is 32.2. The van der Waals surface area contributed by atoms with Crippen molar-refractivity contribution in [3.8, 4) is 0 Å². The fourth-order valence-electron chi connectivity index (χ4n) is 4.96. The number of thioether (sulfide) groups is 1. The van der Waals surface area contributed by atoms with Crippen molar-refractivity contribution in [2.75, 3.05) is 5.75 Å². The number of nitrogens with zero attached hydrogens (tertiary/aromatic N) is 1. The molecule has 194 valence electrons. The number of hydrogen-bond donors (Lipinski definition) is 1. The summed E-state index contributed by atoms with van der Waals surface area (Å²) < 4.78 is 6.27. The Bertz CT molecular complexity index is 919. The molecule has 0 bridgehead atoms. The Morgan fingerprint density at radius 1 is 0.972 bits per heavy atom. The quantitative estimate of drug-likeness (QED) is 0.134. The lowest BCUT2D eigenvalue weighted by Crippen LogP contribution is -2.74. The molecule has 0 aromatic rings. The predicted octanol–water partition coefficient (Wildman–Crippen LogP) is 6.24. The van der Waals surface area contributed by atoms with Crippen molar-refractivity contribution in [2.45, 2.75) is 54.6 Å². The molecule has 36 heavy (non-hydrogen) atoms. The van der Waals surface area contributed by atoms with Crippen molar-refractivity contribution in [1.82, 2.24) is 9.88 Å². The minimum atomic E-state index is -2.58. The second-order valence-electron chi connectivity index (χ2n) is 9.22. The Balaban J connectivity index is 2.41. The van der Waals surface area contributed by atoms with Crippen LogP contribution in [0.3, 0.4) is 0 Å². The van der Waals surface area contributed by atoms with Crippen LogP contribution in [0.4, 0.5) is 0 Å². The zero-order chi connectivity index (χ0) is 26.8. The van der Waals surface area contributed by atoms with Crippen molar-refractivity contribution < 1.29 is 14.0 Å². The van der Waals surface area contributed by atoms with Crippen LogP contribution in [0.15, 0.2) is 99.4 Å². The van der Waals surface area contributed by atoms with Gasteiger partial charge in [0.2, 0.25) is 5.91 Å². The van der Waals surface area contributed by atoms with E-state index < -0.39 is 22.5 Å². The maximum Gasteiger partial charge on any atom is 0.342 e. The Morgan fingerprint density at radius 2 is 1.47 bits per heavy atom. The van der Waals surface area contributed by atoms with Crippen molar-refractivity contribution in [1.29, 1.82) is 0 Å². The lowest BCUT2D eigenvalue weighted by molar-refractivity contribution is -0.148. The highest BCUT2D eigenvalue weighted by Crippen LogP contribution is 2.43. The molecular formula is C28H40N2O3SSi2. The fraction of sp³-hybridized carbons (Fsp3) is 0.357. The van der Waals surface area contributed by atoms with E-state index in [-0.39, 0.29) is 17.3 Å². The first-order valence-corrected chi connectivity index (χ1v) is 18.5. The summed E-state index contributed by atoms with van der Waals surface area (Å²) in [4.78, 5) is 32.7. The van der Waals surface area contributed by atoms with Gasteiger partial charge < -0.3 is 9.41 Å². The van der Waals surface area contributed by atoms with E-state index in [9.17, 15) is 9.59 Å². The van der Waals surface area contributed by atoms with Crippen LogP contribution in [0, 0.1) is 0 Å². The number of carbonyl (C=O) groups excluding carboxylic acids is 2. The largest absolute Gasteiger partial charge is 0.514 e. The van der Waals surface area contributed by atoms with Gasteiger partial charge in [0.05, 0.1) is 0 Å². The minimum Gasteiger partial charge on any atom is -0.514 e. The van der Waals surface area contributed by atoms with E-state index in [2.05, 4.69) is 44.5 Å². The van der Waals surface area contributed by atoms with Crippen LogP contribution in [0.1, 0.15) is 6.92 Å². The van der Waals surface area contributed by atoms with Gasteiger partial charge in [-0.25, -0.2) is 4.79 Å². The Morgan fingerprint density at radius 3 is 1.92 bits per heavy atom. The highest BCUT2D eigenvalue weighted by Gasteiger charge is 2.56. The number of allylic oxidation sites excluding steroid dienone is 8. The van der Waals surface area contributed by atoms with Crippen molar-refractivity contribution in [2.24, 2.45) is 0 Å². The zero-order valence-corrected chi connectivity index (χ0v) is 24.4. The molecule has 1 unspecified atom stereocenters. The third-order valence-corrected chi connectivity index (χ3v) is 15.6. The third-order valence-electron chi connectivity index (χ3n) is 6.48. The summed E-state index contributed by atoms with van der Waals surface area (Å²) in [5.74, 6) is 0.0852.